The molecule has 2 aromatic rings. The maximum atomic E-state index is 13.1. The first-order valence-corrected chi connectivity index (χ1v) is 13.9. The molecule has 8 heteroatoms. The van der Waals surface area contributed by atoms with Gasteiger partial charge in [0.15, 0.2) is 5.78 Å². The lowest BCUT2D eigenvalue weighted by Gasteiger charge is -2.32. The molecule has 2 rings (SSSR count). The minimum Gasteiger partial charge on any atom is -0.486 e. The van der Waals surface area contributed by atoms with E-state index in [1.165, 1.54) is 0 Å². The SMILES string of the molecule is CCC(CC)(c1ccc(OCC(=O)C(C)(C)C)c(C)c1)c1cc(C)c(S(=O)N(C)CCC(=O)O)s1. The Labute approximate surface area is 216 Å². The predicted molar refractivity (Wildman–Crippen MR) is 143 cm³/mol. The third-order valence-electron chi connectivity index (χ3n) is 6.56. The van der Waals surface area contributed by atoms with E-state index < -0.39 is 22.4 Å². The van der Waals surface area contributed by atoms with Gasteiger partial charge in [-0.15, -0.1) is 11.3 Å². The van der Waals surface area contributed by atoms with Crippen LogP contribution in [0.1, 0.15) is 75.4 Å². The number of carboxylic acid groups (broad SMARTS) is 1. The second-order valence-electron chi connectivity index (χ2n) is 10.1. The monoisotopic (exact) mass is 521 g/mol. The molecule has 0 amide bonds. The molecule has 1 aromatic heterocycles. The Balaban J connectivity index is 2.37. The summed E-state index contributed by atoms with van der Waals surface area (Å²) in [5.41, 5.74) is 2.40. The number of aliphatic carboxylic acids is 1. The molecule has 0 aliphatic carbocycles. The molecule has 0 aliphatic rings. The molecule has 0 saturated carbocycles. The normalized spacial score (nSPS) is 13.2. The van der Waals surface area contributed by atoms with Crippen LogP contribution in [-0.2, 0) is 26.0 Å². The first kappa shape index (κ1) is 29.2. The van der Waals surface area contributed by atoms with E-state index in [4.69, 9.17) is 9.84 Å². The molecule has 1 unspecified atom stereocenters. The van der Waals surface area contributed by atoms with Gasteiger partial charge in [-0.25, -0.2) is 8.51 Å². The van der Waals surface area contributed by atoms with Crippen LogP contribution in [0.3, 0.4) is 0 Å². The summed E-state index contributed by atoms with van der Waals surface area (Å²) in [7, 11) is 0.275. The lowest BCUT2D eigenvalue weighted by atomic mass is 9.74. The number of nitrogens with zero attached hydrogens (tertiary/aromatic N) is 1. The van der Waals surface area contributed by atoms with Gasteiger partial charge in [-0.3, -0.25) is 9.59 Å². The maximum Gasteiger partial charge on any atom is 0.304 e. The Kier molecular flexibility index (Phi) is 9.85. The topological polar surface area (TPSA) is 83.9 Å². The standard InChI is InChI=1S/C27H39NO5S2/c1-9-27(10-2,20-11-12-21(18(3)15-20)33-17-22(29)26(5,6)7)23-16-19(4)25(34-23)35(32)28(8)14-13-24(30)31/h11-12,15-16H,9-10,13-14,17H2,1-8H3,(H,30,31). The van der Waals surface area contributed by atoms with Gasteiger partial charge in [-0.05, 0) is 55.5 Å². The number of benzene rings is 1. The van der Waals surface area contributed by atoms with Gasteiger partial charge in [-0.2, -0.15) is 0 Å². The van der Waals surface area contributed by atoms with Crippen LogP contribution < -0.4 is 4.74 Å². The molecule has 0 saturated heterocycles. The zero-order valence-electron chi connectivity index (χ0n) is 22.2. The highest BCUT2D eigenvalue weighted by Gasteiger charge is 2.34. The average molecular weight is 522 g/mol. The molecule has 1 heterocycles. The van der Waals surface area contributed by atoms with Crippen molar-refractivity contribution in [3.05, 3.63) is 45.8 Å². The van der Waals surface area contributed by atoms with E-state index in [9.17, 15) is 13.8 Å². The number of hydrogen-bond donors (Lipinski definition) is 1. The van der Waals surface area contributed by atoms with Crippen molar-refractivity contribution in [2.24, 2.45) is 5.41 Å². The van der Waals surface area contributed by atoms with Crippen LogP contribution >= 0.6 is 11.3 Å². The number of aryl methyl sites for hydroxylation is 2. The van der Waals surface area contributed by atoms with Crippen molar-refractivity contribution in [3.8, 4) is 5.75 Å². The number of ether oxygens (including phenoxy) is 1. The van der Waals surface area contributed by atoms with Gasteiger partial charge in [0.1, 0.15) is 27.6 Å². The van der Waals surface area contributed by atoms with Gasteiger partial charge in [0, 0.05) is 29.3 Å². The third kappa shape index (κ3) is 6.80. The fourth-order valence-corrected chi connectivity index (χ4v) is 7.04. The summed E-state index contributed by atoms with van der Waals surface area (Å²) in [6.07, 6.45) is 1.68. The second-order valence-corrected chi connectivity index (χ2v) is 12.9. The molecular formula is C27H39NO5S2. The number of hydrogen-bond acceptors (Lipinski definition) is 5. The predicted octanol–water partition coefficient (Wildman–Crippen LogP) is 5.89. The Hall–Kier alpha value is -2.03. The van der Waals surface area contributed by atoms with Crippen LogP contribution in [0, 0.1) is 19.3 Å². The van der Waals surface area contributed by atoms with Crippen molar-refractivity contribution in [2.45, 2.75) is 77.4 Å². The van der Waals surface area contributed by atoms with Gasteiger partial charge in [0.25, 0.3) is 0 Å². The fraction of sp³-hybridized carbons (Fsp3) is 0.556. The highest BCUT2D eigenvalue weighted by molar-refractivity contribution is 7.85. The molecule has 0 bridgehead atoms. The number of carbonyl (C=O) groups excluding carboxylic acids is 1. The molecule has 0 spiro atoms. The maximum absolute atomic E-state index is 13.1. The van der Waals surface area contributed by atoms with E-state index in [0.717, 1.165) is 38.6 Å². The van der Waals surface area contributed by atoms with E-state index in [-0.39, 0.29) is 30.8 Å². The molecule has 1 aromatic carbocycles. The highest BCUT2D eigenvalue weighted by Crippen LogP contribution is 2.45. The Morgan fingerprint density at radius 3 is 2.23 bits per heavy atom. The first-order chi connectivity index (χ1) is 16.3. The minimum atomic E-state index is -1.42. The van der Waals surface area contributed by atoms with Crippen molar-refractivity contribution in [2.75, 3.05) is 20.2 Å². The zero-order valence-corrected chi connectivity index (χ0v) is 23.8. The van der Waals surface area contributed by atoms with Gasteiger partial charge in [-0.1, -0.05) is 46.8 Å². The third-order valence-corrected chi connectivity index (χ3v) is 9.86. The summed E-state index contributed by atoms with van der Waals surface area (Å²) in [5, 5.41) is 8.96. The largest absolute Gasteiger partial charge is 0.486 e. The van der Waals surface area contributed by atoms with Gasteiger partial charge in [0.05, 0.1) is 6.42 Å². The van der Waals surface area contributed by atoms with Crippen molar-refractivity contribution in [1.82, 2.24) is 4.31 Å². The van der Waals surface area contributed by atoms with Crippen LogP contribution in [0.2, 0.25) is 0 Å². The molecule has 35 heavy (non-hydrogen) atoms. The molecule has 6 nitrogen and oxygen atoms in total. The van der Waals surface area contributed by atoms with Crippen molar-refractivity contribution >= 4 is 34.1 Å². The lowest BCUT2D eigenvalue weighted by molar-refractivity contribution is -0.137. The molecule has 0 radical (unpaired) electrons. The number of carboxylic acids is 1. The summed E-state index contributed by atoms with van der Waals surface area (Å²) < 4.78 is 21.3. The van der Waals surface area contributed by atoms with Gasteiger partial charge >= 0.3 is 5.97 Å². The summed E-state index contributed by atoms with van der Waals surface area (Å²) in [6.45, 7) is 14.2. The van der Waals surface area contributed by atoms with Crippen LogP contribution in [0.5, 0.6) is 5.75 Å². The van der Waals surface area contributed by atoms with E-state index in [0.29, 0.717) is 5.75 Å². The van der Waals surface area contributed by atoms with Gasteiger partial charge in [0.2, 0.25) is 0 Å². The number of thiophene rings is 1. The van der Waals surface area contributed by atoms with Crippen molar-refractivity contribution in [1.29, 1.82) is 0 Å². The van der Waals surface area contributed by atoms with E-state index >= 15 is 0 Å². The number of carbonyl (C=O) groups is 2. The fourth-order valence-electron chi connectivity index (χ4n) is 3.97. The number of ketones is 1. The second kappa shape index (κ2) is 11.8. The Bertz CT molecular complexity index is 1080. The summed E-state index contributed by atoms with van der Waals surface area (Å²) in [4.78, 5) is 24.3. The minimum absolute atomic E-state index is 0.0467. The summed E-state index contributed by atoms with van der Waals surface area (Å²) >= 11 is 1.54. The quantitative estimate of drug-likeness (QED) is 0.376. The van der Waals surface area contributed by atoms with E-state index in [1.54, 1.807) is 22.7 Å². The molecular weight excluding hydrogens is 482 g/mol. The van der Waals surface area contributed by atoms with Crippen molar-refractivity contribution in [3.63, 3.8) is 0 Å². The Morgan fingerprint density at radius 1 is 1.09 bits per heavy atom. The van der Waals surface area contributed by atoms with Crippen LogP contribution in [0.25, 0.3) is 0 Å². The van der Waals surface area contributed by atoms with Gasteiger partial charge < -0.3 is 9.84 Å². The van der Waals surface area contributed by atoms with Crippen LogP contribution in [-0.4, -0.2) is 45.6 Å². The first-order valence-electron chi connectivity index (χ1n) is 12.0. The highest BCUT2D eigenvalue weighted by atomic mass is 32.2. The summed E-state index contributed by atoms with van der Waals surface area (Å²) in [6, 6.07) is 8.27. The van der Waals surface area contributed by atoms with Crippen molar-refractivity contribution < 1.29 is 23.6 Å². The molecule has 0 fully saturated rings. The lowest BCUT2D eigenvalue weighted by Crippen LogP contribution is -2.27. The molecule has 194 valence electrons. The number of Topliss-reactive ketones (excluding diaryl/α,β-unsaturated/α-hetero) is 1. The van der Waals surface area contributed by atoms with E-state index in [2.05, 4.69) is 32.0 Å². The molecule has 1 atom stereocenters. The molecule has 1 N–H and O–H groups in total. The average Bonchev–Trinajstić information content (AvgIpc) is 3.18. The number of rotatable bonds is 12. The molecule has 0 aliphatic heterocycles. The summed E-state index contributed by atoms with van der Waals surface area (Å²) in [5.74, 6) is -0.143. The van der Waals surface area contributed by atoms with Crippen LogP contribution in [0.4, 0.5) is 0 Å². The van der Waals surface area contributed by atoms with Crippen LogP contribution in [0.15, 0.2) is 28.5 Å². The Morgan fingerprint density at radius 2 is 1.71 bits per heavy atom. The van der Waals surface area contributed by atoms with E-state index in [1.807, 2.05) is 40.7 Å². The smallest absolute Gasteiger partial charge is 0.304 e. The zero-order chi connectivity index (χ0) is 26.6.